The van der Waals surface area contributed by atoms with E-state index in [4.69, 9.17) is 9.47 Å². The van der Waals surface area contributed by atoms with Crippen LogP contribution in [0, 0.1) is 5.41 Å². The smallest absolute Gasteiger partial charge is 0.410 e. The first-order chi connectivity index (χ1) is 24.6. The fourth-order valence-corrected chi connectivity index (χ4v) is 9.28. The molecule has 0 bridgehead atoms. The quantitative estimate of drug-likeness (QED) is 0.296. The zero-order valence-electron chi connectivity index (χ0n) is 31.3. The summed E-state index contributed by atoms with van der Waals surface area (Å²) in [6.07, 6.45) is 6.55. The molecule has 3 fully saturated rings. The first kappa shape index (κ1) is 36.3. The van der Waals surface area contributed by atoms with Gasteiger partial charge in [-0.1, -0.05) is 25.3 Å². The average Bonchev–Trinajstić information content (AvgIpc) is 3.83. The van der Waals surface area contributed by atoms with Crippen molar-refractivity contribution in [3.05, 3.63) is 53.1 Å². The molecule has 7 rings (SSSR count). The lowest BCUT2D eigenvalue weighted by Gasteiger charge is -2.28. The summed E-state index contributed by atoms with van der Waals surface area (Å²) in [6, 6.07) is 11.7. The molecule has 4 aliphatic rings. The topological polar surface area (TPSA) is 127 Å². The van der Waals surface area contributed by atoms with E-state index in [-0.39, 0.29) is 23.5 Å². The van der Waals surface area contributed by atoms with Crippen LogP contribution >= 0.6 is 0 Å². The van der Waals surface area contributed by atoms with Gasteiger partial charge in [0.15, 0.2) is 0 Å². The predicted octanol–water partition coefficient (Wildman–Crippen LogP) is 6.79. The second kappa shape index (κ2) is 13.4. The highest BCUT2D eigenvalue weighted by Crippen LogP contribution is 2.66. The van der Waals surface area contributed by atoms with Crippen LogP contribution in [0.5, 0.6) is 5.75 Å². The Kier molecular flexibility index (Phi) is 9.36. The second-order valence-electron chi connectivity index (χ2n) is 16.4. The van der Waals surface area contributed by atoms with Crippen molar-refractivity contribution in [3.8, 4) is 17.0 Å². The Labute approximate surface area is 307 Å². The third-order valence-electron chi connectivity index (χ3n) is 11.5. The molecule has 2 saturated carbocycles. The van der Waals surface area contributed by atoms with Gasteiger partial charge < -0.3 is 23.8 Å². The van der Waals surface area contributed by atoms with E-state index in [2.05, 4.69) is 21.4 Å². The number of carbonyl (C=O) groups is 3. The summed E-state index contributed by atoms with van der Waals surface area (Å²) in [5.41, 5.74) is 4.25. The standard InChI is InChI=1S/C40H52N4O7S/c1-25(2)52(48,49)41-36(45)27-13-15-30-33(21-27)44-24-40(37(46)42-17-10-18-43(20-19-42)38(47)51-39(3,4)5)23-32(40)31-22-28(50-6)14-16-29(31)35(44)34(30)26-11-8-7-9-12-26/h13-16,21-22,25-26,32H,7-12,17-20,23-24H2,1-6H3,(H,41,45). The van der Waals surface area contributed by atoms with E-state index in [1.165, 1.54) is 25.8 Å². The molecule has 0 spiro atoms. The number of hydrogen-bond donors (Lipinski definition) is 1. The minimum atomic E-state index is -3.84. The van der Waals surface area contributed by atoms with Crippen LogP contribution < -0.4 is 9.46 Å². The van der Waals surface area contributed by atoms with Gasteiger partial charge in [0.2, 0.25) is 15.9 Å². The van der Waals surface area contributed by atoms with Gasteiger partial charge in [0.1, 0.15) is 11.4 Å². The summed E-state index contributed by atoms with van der Waals surface area (Å²) in [4.78, 5) is 45.0. The Bertz CT molecular complexity index is 2020. The summed E-state index contributed by atoms with van der Waals surface area (Å²) in [7, 11) is -2.18. The van der Waals surface area contributed by atoms with Gasteiger partial charge in [-0.3, -0.25) is 9.59 Å². The Hall–Kier alpha value is -4.06. The zero-order chi connectivity index (χ0) is 37.2. The fourth-order valence-electron chi connectivity index (χ4n) is 8.67. The van der Waals surface area contributed by atoms with Gasteiger partial charge in [-0.25, -0.2) is 17.9 Å². The third kappa shape index (κ3) is 6.56. The molecule has 2 aliphatic heterocycles. The van der Waals surface area contributed by atoms with Crippen molar-refractivity contribution in [2.24, 2.45) is 5.41 Å². The third-order valence-corrected chi connectivity index (χ3v) is 13.2. The highest BCUT2D eigenvalue weighted by atomic mass is 32.2. The molecule has 2 aromatic carbocycles. The van der Waals surface area contributed by atoms with E-state index in [1.54, 1.807) is 18.1 Å². The molecular weight excluding hydrogens is 681 g/mol. The molecule has 0 radical (unpaired) electrons. The highest BCUT2D eigenvalue weighted by Gasteiger charge is 2.64. The molecule has 1 saturated heterocycles. The first-order valence-electron chi connectivity index (χ1n) is 18.8. The molecule has 11 nitrogen and oxygen atoms in total. The number of ether oxygens (including phenoxy) is 2. The number of sulfonamides is 1. The molecule has 12 heteroatoms. The Balaban J connectivity index is 1.33. The number of fused-ring (bicyclic) bond motifs is 7. The van der Waals surface area contributed by atoms with E-state index in [9.17, 15) is 22.8 Å². The van der Waals surface area contributed by atoms with Crippen molar-refractivity contribution in [1.82, 2.24) is 19.1 Å². The molecule has 1 N–H and O–H groups in total. The number of nitrogens with zero attached hydrogens (tertiary/aromatic N) is 3. The number of hydrogen-bond acceptors (Lipinski definition) is 7. The van der Waals surface area contributed by atoms with Gasteiger partial charge in [0.05, 0.1) is 23.5 Å². The van der Waals surface area contributed by atoms with E-state index in [1.807, 2.05) is 43.9 Å². The molecule has 3 aromatic rings. The van der Waals surface area contributed by atoms with E-state index < -0.39 is 32.2 Å². The van der Waals surface area contributed by atoms with Crippen LogP contribution in [0.2, 0.25) is 0 Å². The fraction of sp³-hybridized carbons (Fsp3) is 0.575. The summed E-state index contributed by atoms with van der Waals surface area (Å²) in [5.74, 6) is 0.423. The number of methoxy groups -OCH3 is 1. The van der Waals surface area contributed by atoms with Crippen molar-refractivity contribution < 1.29 is 32.3 Å². The maximum absolute atomic E-state index is 15.0. The predicted molar refractivity (Wildman–Crippen MR) is 200 cm³/mol. The largest absolute Gasteiger partial charge is 0.497 e. The van der Waals surface area contributed by atoms with Gasteiger partial charge in [0.25, 0.3) is 5.91 Å². The van der Waals surface area contributed by atoms with Crippen molar-refractivity contribution in [2.75, 3.05) is 33.3 Å². The lowest BCUT2D eigenvalue weighted by Crippen LogP contribution is -2.43. The summed E-state index contributed by atoms with van der Waals surface area (Å²) >= 11 is 0. The summed E-state index contributed by atoms with van der Waals surface area (Å²) < 4.78 is 41.3. The molecule has 2 unspecified atom stereocenters. The van der Waals surface area contributed by atoms with E-state index in [0.29, 0.717) is 51.5 Å². The van der Waals surface area contributed by atoms with Crippen LogP contribution in [0.25, 0.3) is 22.2 Å². The summed E-state index contributed by atoms with van der Waals surface area (Å²) in [6.45, 7) is 10.9. The van der Waals surface area contributed by atoms with Crippen molar-refractivity contribution >= 4 is 38.8 Å². The normalized spacial score (nSPS) is 22.2. The maximum Gasteiger partial charge on any atom is 0.410 e. The van der Waals surface area contributed by atoms with Gasteiger partial charge >= 0.3 is 6.09 Å². The number of carbonyl (C=O) groups excluding carboxylic acids is 3. The average molecular weight is 733 g/mol. The maximum atomic E-state index is 15.0. The monoisotopic (exact) mass is 732 g/mol. The number of benzene rings is 2. The van der Waals surface area contributed by atoms with E-state index in [0.717, 1.165) is 59.2 Å². The number of nitrogens with one attached hydrogen (secondary N) is 1. The second-order valence-corrected chi connectivity index (χ2v) is 18.7. The number of amides is 3. The minimum absolute atomic E-state index is 0.0351. The summed E-state index contributed by atoms with van der Waals surface area (Å²) in [5, 5.41) is 0.278. The number of rotatable bonds is 6. The van der Waals surface area contributed by atoms with Crippen molar-refractivity contribution in [2.45, 2.75) is 109 Å². The lowest BCUT2D eigenvalue weighted by molar-refractivity contribution is -0.137. The van der Waals surface area contributed by atoms with Gasteiger partial charge in [-0.15, -0.1) is 0 Å². The van der Waals surface area contributed by atoms with Crippen LogP contribution in [-0.4, -0.2) is 84.8 Å². The molecule has 280 valence electrons. The molecule has 1 aromatic heterocycles. The zero-order valence-corrected chi connectivity index (χ0v) is 32.1. The Morgan fingerprint density at radius 3 is 2.33 bits per heavy atom. The molecule has 3 heterocycles. The van der Waals surface area contributed by atoms with Crippen LogP contribution in [-0.2, 0) is 26.1 Å². The minimum Gasteiger partial charge on any atom is -0.497 e. The molecule has 3 amide bonds. The van der Waals surface area contributed by atoms with Crippen LogP contribution in [0.4, 0.5) is 4.79 Å². The highest BCUT2D eigenvalue weighted by molar-refractivity contribution is 7.90. The van der Waals surface area contributed by atoms with Crippen molar-refractivity contribution in [3.63, 3.8) is 0 Å². The molecule has 2 aliphatic carbocycles. The van der Waals surface area contributed by atoms with E-state index >= 15 is 0 Å². The Morgan fingerprint density at radius 2 is 1.63 bits per heavy atom. The van der Waals surface area contributed by atoms with Crippen molar-refractivity contribution in [1.29, 1.82) is 0 Å². The van der Waals surface area contributed by atoms with Gasteiger partial charge in [-0.05, 0) is 108 Å². The Morgan fingerprint density at radius 1 is 0.923 bits per heavy atom. The SMILES string of the molecule is COc1ccc2c(c1)C1CC1(C(=O)N1CCCN(C(=O)OC(C)(C)C)CC1)Cn1c-2c(C2CCCCC2)c2ccc(C(=O)NS(=O)(=O)C(C)C)cc21. The van der Waals surface area contributed by atoms with Crippen LogP contribution in [0.15, 0.2) is 36.4 Å². The van der Waals surface area contributed by atoms with Crippen LogP contribution in [0.3, 0.4) is 0 Å². The lowest BCUT2D eigenvalue weighted by atomic mass is 9.81. The molecular formula is C40H52N4O7S. The molecule has 2 atom stereocenters. The van der Waals surface area contributed by atoms with Gasteiger partial charge in [-0.2, -0.15) is 0 Å². The first-order valence-corrected chi connectivity index (χ1v) is 20.4. The van der Waals surface area contributed by atoms with Gasteiger partial charge in [0, 0.05) is 60.7 Å². The number of aromatic nitrogens is 1. The van der Waals surface area contributed by atoms with Crippen LogP contribution in [0.1, 0.15) is 113 Å². The molecule has 52 heavy (non-hydrogen) atoms.